The van der Waals surface area contributed by atoms with E-state index in [1.807, 2.05) is 4.90 Å². The first-order valence-electron chi connectivity index (χ1n) is 9.71. The second-order valence-corrected chi connectivity index (χ2v) is 7.65. The quantitative estimate of drug-likeness (QED) is 0.752. The van der Waals surface area contributed by atoms with Crippen LogP contribution in [0.4, 0.5) is 5.69 Å². The van der Waals surface area contributed by atoms with E-state index in [-0.39, 0.29) is 11.8 Å². The van der Waals surface area contributed by atoms with Crippen molar-refractivity contribution in [3.63, 3.8) is 0 Å². The molecule has 0 spiro atoms. The van der Waals surface area contributed by atoms with E-state index in [0.717, 1.165) is 39.1 Å². The Morgan fingerprint density at radius 2 is 1.81 bits per heavy atom. The number of piperazine rings is 1. The maximum Gasteiger partial charge on any atom is 0.224 e. The summed E-state index contributed by atoms with van der Waals surface area (Å²) in [6.07, 6.45) is 1.39. The van der Waals surface area contributed by atoms with Crippen LogP contribution in [0.25, 0.3) is 0 Å². The largest absolute Gasteiger partial charge is 0.368 e. The number of aryl methyl sites for hydroxylation is 1. The van der Waals surface area contributed by atoms with Gasteiger partial charge in [0, 0.05) is 58.3 Å². The van der Waals surface area contributed by atoms with E-state index >= 15 is 0 Å². The van der Waals surface area contributed by atoms with Crippen LogP contribution in [0.1, 0.15) is 39.2 Å². The molecule has 1 fully saturated rings. The second-order valence-electron chi connectivity index (χ2n) is 7.65. The molecule has 5 nitrogen and oxygen atoms in total. The Labute approximate surface area is 158 Å². The van der Waals surface area contributed by atoms with Gasteiger partial charge in [0.2, 0.25) is 11.8 Å². The molecule has 0 atom stereocenters. The maximum absolute atomic E-state index is 12.5. The minimum atomic E-state index is 0.0581. The number of anilines is 1. The average Bonchev–Trinajstić information content (AvgIpc) is 2.61. The van der Waals surface area contributed by atoms with Crippen LogP contribution in [-0.2, 0) is 9.59 Å². The summed E-state index contributed by atoms with van der Waals surface area (Å²) in [5, 5.41) is 0. The van der Waals surface area contributed by atoms with Crippen LogP contribution in [0.3, 0.4) is 0 Å². The normalized spacial score (nSPS) is 14.7. The zero-order chi connectivity index (χ0) is 19.1. The van der Waals surface area contributed by atoms with Gasteiger partial charge in [0.15, 0.2) is 0 Å². The first kappa shape index (κ1) is 20.3. The smallest absolute Gasteiger partial charge is 0.224 e. The van der Waals surface area contributed by atoms with E-state index in [1.165, 1.54) is 11.3 Å². The van der Waals surface area contributed by atoms with Gasteiger partial charge in [0.05, 0.1) is 0 Å². The Morgan fingerprint density at radius 1 is 1.12 bits per heavy atom. The molecule has 0 aliphatic carbocycles. The first-order valence-corrected chi connectivity index (χ1v) is 9.71. The molecule has 1 aromatic carbocycles. The fourth-order valence-electron chi connectivity index (χ4n) is 3.27. The summed E-state index contributed by atoms with van der Waals surface area (Å²) in [6, 6.07) is 8.50. The zero-order valence-corrected chi connectivity index (χ0v) is 16.7. The molecule has 1 aliphatic rings. The van der Waals surface area contributed by atoms with E-state index in [0.29, 0.717) is 18.9 Å². The Hall–Kier alpha value is -2.04. The van der Waals surface area contributed by atoms with Gasteiger partial charge in [-0.1, -0.05) is 26.0 Å². The predicted octanol–water partition coefficient (Wildman–Crippen LogP) is 2.93. The molecule has 0 N–H and O–H groups in total. The second kappa shape index (κ2) is 9.60. The lowest BCUT2D eigenvalue weighted by Crippen LogP contribution is -2.49. The van der Waals surface area contributed by atoms with Crippen LogP contribution in [0.15, 0.2) is 24.3 Å². The van der Waals surface area contributed by atoms with Gasteiger partial charge in [0.25, 0.3) is 0 Å². The van der Waals surface area contributed by atoms with E-state index in [2.05, 4.69) is 49.9 Å². The van der Waals surface area contributed by atoms with Crippen molar-refractivity contribution in [3.8, 4) is 0 Å². The number of hydrogen-bond donors (Lipinski definition) is 0. The highest BCUT2D eigenvalue weighted by Gasteiger charge is 2.22. The summed E-state index contributed by atoms with van der Waals surface area (Å²) in [7, 11) is 0. The van der Waals surface area contributed by atoms with Crippen molar-refractivity contribution < 1.29 is 9.59 Å². The van der Waals surface area contributed by atoms with Gasteiger partial charge in [0.1, 0.15) is 0 Å². The van der Waals surface area contributed by atoms with Gasteiger partial charge in [-0.2, -0.15) is 0 Å². The Balaban J connectivity index is 1.79. The summed E-state index contributed by atoms with van der Waals surface area (Å²) >= 11 is 0. The molecule has 0 unspecified atom stereocenters. The summed E-state index contributed by atoms with van der Waals surface area (Å²) in [5.74, 6) is 0.773. The third-order valence-electron chi connectivity index (χ3n) is 5.02. The summed E-state index contributed by atoms with van der Waals surface area (Å²) < 4.78 is 0. The standard InChI is InChI=1S/C21H33N3O2/c1-17(2)8-10-22(19(4)25)11-9-21(26)24-14-12-23(13-15-24)20-7-5-6-18(3)16-20/h5-7,16-17H,8-15H2,1-4H3. The Morgan fingerprint density at radius 3 is 2.38 bits per heavy atom. The van der Waals surface area contributed by atoms with Crippen molar-refractivity contribution in [2.75, 3.05) is 44.2 Å². The van der Waals surface area contributed by atoms with Gasteiger partial charge in [-0.25, -0.2) is 0 Å². The van der Waals surface area contributed by atoms with Crippen molar-refractivity contribution in [2.24, 2.45) is 5.92 Å². The molecule has 2 amide bonds. The Bertz CT molecular complexity index is 607. The van der Waals surface area contributed by atoms with Crippen molar-refractivity contribution in [1.82, 2.24) is 9.80 Å². The summed E-state index contributed by atoms with van der Waals surface area (Å²) in [6.45, 7) is 12.5. The van der Waals surface area contributed by atoms with Gasteiger partial charge in [-0.3, -0.25) is 9.59 Å². The molecule has 0 saturated carbocycles. The average molecular weight is 360 g/mol. The molecule has 0 radical (unpaired) electrons. The Kier molecular flexibility index (Phi) is 7.49. The van der Waals surface area contributed by atoms with Gasteiger partial charge in [-0.05, 0) is 37.0 Å². The SMILES string of the molecule is CC(=O)N(CCC(=O)N1CCN(c2cccc(C)c2)CC1)CCC(C)C. The number of amides is 2. The minimum absolute atomic E-state index is 0.0581. The number of carbonyl (C=O) groups is 2. The molecular weight excluding hydrogens is 326 g/mol. The number of benzene rings is 1. The lowest BCUT2D eigenvalue weighted by atomic mass is 10.1. The highest BCUT2D eigenvalue weighted by Crippen LogP contribution is 2.18. The van der Waals surface area contributed by atoms with E-state index < -0.39 is 0 Å². The van der Waals surface area contributed by atoms with Crippen LogP contribution >= 0.6 is 0 Å². The van der Waals surface area contributed by atoms with Crippen molar-refractivity contribution in [1.29, 1.82) is 0 Å². The van der Waals surface area contributed by atoms with Crippen molar-refractivity contribution in [2.45, 2.75) is 40.5 Å². The molecule has 1 aliphatic heterocycles. The van der Waals surface area contributed by atoms with Crippen molar-refractivity contribution >= 4 is 17.5 Å². The predicted molar refractivity (Wildman–Crippen MR) is 106 cm³/mol. The fraction of sp³-hybridized carbons (Fsp3) is 0.619. The molecule has 1 heterocycles. The van der Waals surface area contributed by atoms with E-state index in [4.69, 9.17) is 0 Å². The molecule has 26 heavy (non-hydrogen) atoms. The molecule has 0 bridgehead atoms. The van der Waals surface area contributed by atoms with Crippen LogP contribution < -0.4 is 4.90 Å². The van der Waals surface area contributed by atoms with E-state index in [1.54, 1.807) is 11.8 Å². The summed E-state index contributed by atoms with van der Waals surface area (Å²) in [5.41, 5.74) is 2.49. The van der Waals surface area contributed by atoms with Gasteiger partial charge >= 0.3 is 0 Å². The van der Waals surface area contributed by atoms with Gasteiger partial charge in [-0.15, -0.1) is 0 Å². The molecule has 1 aromatic rings. The molecule has 2 rings (SSSR count). The molecular formula is C21H33N3O2. The lowest BCUT2D eigenvalue weighted by Gasteiger charge is -2.36. The highest BCUT2D eigenvalue weighted by molar-refractivity contribution is 5.78. The van der Waals surface area contributed by atoms with E-state index in [9.17, 15) is 9.59 Å². The zero-order valence-electron chi connectivity index (χ0n) is 16.7. The van der Waals surface area contributed by atoms with Crippen LogP contribution in [0.2, 0.25) is 0 Å². The molecule has 144 valence electrons. The minimum Gasteiger partial charge on any atom is -0.368 e. The topological polar surface area (TPSA) is 43.9 Å². The van der Waals surface area contributed by atoms with Crippen LogP contribution in [-0.4, -0.2) is 60.9 Å². The maximum atomic E-state index is 12.5. The van der Waals surface area contributed by atoms with Crippen molar-refractivity contribution in [3.05, 3.63) is 29.8 Å². The first-order chi connectivity index (χ1) is 12.4. The fourth-order valence-corrected chi connectivity index (χ4v) is 3.27. The molecule has 5 heteroatoms. The third-order valence-corrected chi connectivity index (χ3v) is 5.02. The monoisotopic (exact) mass is 359 g/mol. The number of hydrogen-bond acceptors (Lipinski definition) is 3. The lowest BCUT2D eigenvalue weighted by molar-refractivity contribution is -0.133. The summed E-state index contributed by atoms with van der Waals surface area (Å²) in [4.78, 5) is 30.4. The van der Waals surface area contributed by atoms with Crippen LogP contribution in [0.5, 0.6) is 0 Å². The number of rotatable bonds is 7. The van der Waals surface area contributed by atoms with Gasteiger partial charge < -0.3 is 14.7 Å². The number of carbonyl (C=O) groups excluding carboxylic acids is 2. The number of nitrogens with zero attached hydrogens (tertiary/aromatic N) is 3. The molecule has 1 saturated heterocycles. The third kappa shape index (κ3) is 6.04. The molecule has 0 aromatic heterocycles. The van der Waals surface area contributed by atoms with Crippen LogP contribution in [0, 0.1) is 12.8 Å². The highest BCUT2D eigenvalue weighted by atomic mass is 16.2.